The van der Waals surface area contributed by atoms with Crippen LogP contribution in [0.5, 0.6) is 0 Å². The zero-order valence-electron chi connectivity index (χ0n) is 24.9. The third-order valence-corrected chi connectivity index (χ3v) is 4.84. The minimum absolute atomic E-state index is 0.0266. The number of rotatable bonds is 13. The molecule has 14 nitrogen and oxygen atoms in total. The van der Waals surface area contributed by atoms with Gasteiger partial charge in [0.2, 0.25) is 41.4 Å². The molecule has 0 aliphatic heterocycles. The van der Waals surface area contributed by atoms with Crippen LogP contribution in [-0.4, -0.2) is 85.3 Å². The molecule has 0 rings (SSSR count). The van der Waals surface area contributed by atoms with E-state index >= 15 is 0 Å². The zero-order chi connectivity index (χ0) is 31.0. The summed E-state index contributed by atoms with van der Waals surface area (Å²) in [7, 11) is 0. The summed E-state index contributed by atoms with van der Waals surface area (Å²) in [6.45, 7) is 16.0. The van der Waals surface area contributed by atoms with Gasteiger partial charge in [0.15, 0.2) is 0 Å². The highest BCUT2D eigenvalue weighted by Crippen LogP contribution is 1.98. The number of carbonyl (C=O) groups is 7. The minimum atomic E-state index is -0.223. The minimum Gasteiger partial charge on any atom is -0.356 e. The summed E-state index contributed by atoms with van der Waals surface area (Å²) in [5.41, 5.74) is 0. The Morgan fingerprint density at radius 3 is 1.13 bits per heavy atom. The first-order valence-electron chi connectivity index (χ1n) is 12.8. The van der Waals surface area contributed by atoms with Crippen molar-refractivity contribution in [3.63, 3.8) is 0 Å². The second-order valence-corrected chi connectivity index (χ2v) is 8.73. The molecule has 0 bridgehead atoms. The summed E-state index contributed by atoms with van der Waals surface area (Å²) >= 11 is 0. The molecule has 0 heterocycles. The average Bonchev–Trinajstić information content (AvgIpc) is 2.81. The Hall–Kier alpha value is -3.71. The topological polar surface area (TPSA) is 195 Å². The van der Waals surface area contributed by atoms with Crippen LogP contribution in [0.15, 0.2) is 0 Å². The second kappa shape index (κ2) is 24.6. The van der Waals surface area contributed by atoms with Gasteiger partial charge < -0.3 is 36.8 Å². The van der Waals surface area contributed by atoms with Gasteiger partial charge in [-0.15, -0.1) is 0 Å². The lowest BCUT2D eigenvalue weighted by atomic mass is 10.1. The fraction of sp³-hybridized carbons (Fsp3) is 0.720. The van der Waals surface area contributed by atoms with Crippen LogP contribution < -0.4 is 31.9 Å². The SMILES string of the molecule is CC(=O)NCN(CNC(C)=O)C(C)=O.CCC(CNC(C)=O)CNC(C)=O.CCC(CNC(C)=O)NC(C)=O. The molecule has 0 aliphatic carbocycles. The molecule has 0 radical (unpaired) electrons. The number of hydrogen-bond acceptors (Lipinski definition) is 7. The third-order valence-electron chi connectivity index (χ3n) is 4.84. The molecule has 0 saturated carbocycles. The molecule has 0 aliphatic rings. The monoisotopic (exact) mass is 559 g/mol. The molecule has 7 amide bonds. The number of nitrogens with one attached hydrogen (secondary N) is 6. The fourth-order valence-corrected chi connectivity index (χ4v) is 2.48. The van der Waals surface area contributed by atoms with E-state index in [1.54, 1.807) is 0 Å². The van der Waals surface area contributed by atoms with Crippen molar-refractivity contribution in [3.8, 4) is 0 Å². The van der Waals surface area contributed by atoms with Crippen LogP contribution in [0, 0.1) is 5.92 Å². The van der Waals surface area contributed by atoms with E-state index in [0.29, 0.717) is 25.6 Å². The molecule has 39 heavy (non-hydrogen) atoms. The van der Waals surface area contributed by atoms with Crippen LogP contribution in [0.4, 0.5) is 0 Å². The lowest BCUT2D eigenvalue weighted by molar-refractivity contribution is -0.131. The van der Waals surface area contributed by atoms with Gasteiger partial charge in [-0.1, -0.05) is 13.8 Å². The summed E-state index contributed by atoms with van der Waals surface area (Å²) in [6, 6.07) is 0.0476. The van der Waals surface area contributed by atoms with Crippen LogP contribution in [0.3, 0.4) is 0 Å². The number of hydrogen-bond donors (Lipinski definition) is 6. The molecule has 0 aromatic carbocycles. The zero-order valence-corrected chi connectivity index (χ0v) is 24.9. The molecule has 1 atom stereocenters. The number of carbonyl (C=O) groups excluding carboxylic acids is 7. The molecule has 0 aromatic heterocycles. The van der Waals surface area contributed by atoms with E-state index in [2.05, 4.69) is 31.9 Å². The van der Waals surface area contributed by atoms with Crippen molar-refractivity contribution in [2.45, 2.75) is 81.2 Å². The van der Waals surface area contributed by atoms with Crippen molar-refractivity contribution in [3.05, 3.63) is 0 Å². The standard InChI is InChI=1S/C9H18N2O2.C8H15N3O3.C8H16N2O2/c1-4-9(5-10-7(2)12)6-11-8(3)13;1-6(12)9-4-11(8(3)14)5-10-7(2)13;1-4-8(10-7(3)12)5-9-6(2)11/h9H,4-6H2,1-3H3,(H,10,12)(H,11,13);4-5H2,1-3H3,(H,9,12)(H,10,13);8H,4-5H2,1-3H3,(H,9,11)(H,10,12). The van der Waals surface area contributed by atoms with Crippen molar-refractivity contribution in [2.24, 2.45) is 5.92 Å². The van der Waals surface area contributed by atoms with E-state index in [9.17, 15) is 33.6 Å². The van der Waals surface area contributed by atoms with E-state index in [-0.39, 0.29) is 60.7 Å². The molecule has 0 saturated heterocycles. The third kappa shape index (κ3) is 32.3. The van der Waals surface area contributed by atoms with E-state index in [1.165, 1.54) is 53.4 Å². The number of nitrogens with zero attached hydrogens (tertiary/aromatic N) is 1. The lowest BCUT2D eigenvalue weighted by Crippen LogP contribution is -2.45. The van der Waals surface area contributed by atoms with Gasteiger partial charge >= 0.3 is 0 Å². The van der Waals surface area contributed by atoms with E-state index in [0.717, 1.165) is 12.8 Å². The lowest BCUT2D eigenvalue weighted by Gasteiger charge is -2.20. The maximum atomic E-state index is 11.0. The van der Waals surface area contributed by atoms with Gasteiger partial charge in [0.05, 0.1) is 13.3 Å². The maximum Gasteiger partial charge on any atom is 0.222 e. The number of amides is 7. The van der Waals surface area contributed by atoms with Crippen LogP contribution >= 0.6 is 0 Å². The second-order valence-electron chi connectivity index (χ2n) is 8.73. The highest BCUT2D eigenvalue weighted by atomic mass is 16.2. The smallest absolute Gasteiger partial charge is 0.222 e. The summed E-state index contributed by atoms with van der Waals surface area (Å²) in [6.07, 6.45) is 1.76. The van der Waals surface area contributed by atoms with Crippen LogP contribution in [-0.2, 0) is 33.6 Å². The molecule has 0 fully saturated rings. The largest absolute Gasteiger partial charge is 0.356 e. The van der Waals surface area contributed by atoms with E-state index in [1.807, 2.05) is 13.8 Å². The van der Waals surface area contributed by atoms with Gasteiger partial charge in [-0.25, -0.2) is 0 Å². The van der Waals surface area contributed by atoms with Gasteiger partial charge in [-0.05, 0) is 18.8 Å². The maximum absolute atomic E-state index is 11.0. The quantitative estimate of drug-likeness (QED) is 0.161. The van der Waals surface area contributed by atoms with Gasteiger partial charge in [-0.2, -0.15) is 0 Å². The van der Waals surface area contributed by atoms with Crippen molar-refractivity contribution < 1.29 is 33.6 Å². The molecular weight excluding hydrogens is 510 g/mol. The van der Waals surface area contributed by atoms with E-state index < -0.39 is 0 Å². The summed E-state index contributed by atoms with van der Waals surface area (Å²) in [4.78, 5) is 75.8. The Balaban J connectivity index is -0.000000500. The molecule has 0 spiro atoms. The molecule has 14 heteroatoms. The van der Waals surface area contributed by atoms with Gasteiger partial charge in [0.1, 0.15) is 0 Å². The fourth-order valence-electron chi connectivity index (χ4n) is 2.48. The predicted molar refractivity (Wildman–Crippen MR) is 148 cm³/mol. The first kappa shape index (κ1) is 39.8. The average molecular weight is 560 g/mol. The van der Waals surface area contributed by atoms with Crippen LogP contribution in [0.1, 0.15) is 75.2 Å². The Morgan fingerprint density at radius 1 is 0.513 bits per heavy atom. The van der Waals surface area contributed by atoms with Crippen LogP contribution in [0.2, 0.25) is 0 Å². The molecule has 1 unspecified atom stereocenters. The summed E-state index contributed by atoms with van der Waals surface area (Å²) < 4.78 is 0. The molecule has 0 aromatic rings. The Kier molecular flexibility index (Phi) is 25.1. The molecule has 226 valence electrons. The summed E-state index contributed by atoms with van der Waals surface area (Å²) in [5, 5.41) is 15.8. The molecule has 6 N–H and O–H groups in total. The predicted octanol–water partition coefficient (Wildman–Crippen LogP) is -0.656. The van der Waals surface area contributed by atoms with E-state index in [4.69, 9.17) is 0 Å². The highest BCUT2D eigenvalue weighted by molar-refractivity contribution is 5.77. The van der Waals surface area contributed by atoms with Crippen molar-refractivity contribution >= 4 is 41.4 Å². The molecular formula is C25H49N7O7. The summed E-state index contributed by atoms with van der Waals surface area (Å²) in [5.74, 6) is -0.521. The Morgan fingerprint density at radius 2 is 0.872 bits per heavy atom. The van der Waals surface area contributed by atoms with Crippen molar-refractivity contribution in [1.82, 2.24) is 36.8 Å². The van der Waals surface area contributed by atoms with Gasteiger partial charge in [0.25, 0.3) is 0 Å². The van der Waals surface area contributed by atoms with Gasteiger partial charge in [0, 0.05) is 74.1 Å². The van der Waals surface area contributed by atoms with Crippen LogP contribution in [0.25, 0.3) is 0 Å². The Labute approximate surface area is 232 Å². The van der Waals surface area contributed by atoms with Crippen molar-refractivity contribution in [1.29, 1.82) is 0 Å². The highest BCUT2D eigenvalue weighted by Gasteiger charge is 2.09. The first-order valence-corrected chi connectivity index (χ1v) is 12.8. The van der Waals surface area contributed by atoms with Gasteiger partial charge in [-0.3, -0.25) is 33.6 Å². The normalized spacial score (nSPS) is 10.2. The first-order chi connectivity index (χ1) is 18.0. The Bertz CT molecular complexity index is 755. The van der Waals surface area contributed by atoms with Crippen molar-refractivity contribution in [2.75, 3.05) is 33.0 Å².